The molecular weight excluding hydrogens is 288 g/mol. The summed E-state index contributed by atoms with van der Waals surface area (Å²) in [6.07, 6.45) is 6.92. The Morgan fingerprint density at radius 2 is 2.13 bits per heavy atom. The lowest BCUT2D eigenvalue weighted by Gasteiger charge is -2.21. The molecule has 0 aliphatic carbocycles. The number of nitrogens with zero attached hydrogens (tertiary/aromatic N) is 5. The summed E-state index contributed by atoms with van der Waals surface area (Å²) in [6.45, 7) is 2.48. The van der Waals surface area contributed by atoms with Crippen molar-refractivity contribution in [2.45, 2.75) is 13.0 Å². The number of allylic oxidation sites excluding steroid dienone is 1. The highest BCUT2D eigenvalue weighted by molar-refractivity contribution is 5.74. The summed E-state index contributed by atoms with van der Waals surface area (Å²) in [5.41, 5.74) is 1.56. The molecule has 0 spiro atoms. The quantitative estimate of drug-likeness (QED) is 0.939. The fourth-order valence-corrected chi connectivity index (χ4v) is 2.28. The maximum atomic E-state index is 9.26. The first-order valence-electron chi connectivity index (χ1n) is 7.30. The molecule has 6 heteroatoms. The first-order chi connectivity index (χ1) is 11.3. The van der Waals surface area contributed by atoms with E-state index in [4.69, 9.17) is 0 Å². The molecule has 1 aromatic heterocycles. The average Bonchev–Trinajstić information content (AvgIpc) is 2.63. The van der Waals surface area contributed by atoms with Gasteiger partial charge in [-0.05, 0) is 18.6 Å². The van der Waals surface area contributed by atoms with Crippen LogP contribution in [0.1, 0.15) is 24.1 Å². The van der Waals surface area contributed by atoms with Gasteiger partial charge < -0.3 is 10.2 Å². The minimum atomic E-state index is 0.0619. The number of benzene rings is 1. The van der Waals surface area contributed by atoms with Crippen LogP contribution in [0, 0.1) is 11.3 Å². The second-order valence-electron chi connectivity index (χ2n) is 5.10. The third kappa shape index (κ3) is 3.35. The Bertz CT molecular complexity index is 775. The van der Waals surface area contributed by atoms with Gasteiger partial charge >= 0.3 is 0 Å². The van der Waals surface area contributed by atoms with Crippen molar-refractivity contribution in [3.63, 3.8) is 0 Å². The van der Waals surface area contributed by atoms with Crippen LogP contribution in [0.25, 0.3) is 0 Å². The van der Waals surface area contributed by atoms with Crippen molar-refractivity contribution in [3.05, 3.63) is 59.9 Å². The first kappa shape index (κ1) is 14.7. The molecule has 2 aromatic rings. The monoisotopic (exact) mass is 304 g/mol. The highest BCUT2D eigenvalue weighted by Crippen LogP contribution is 2.22. The molecule has 1 aliphatic heterocycles. The third-order valence-corrected chi connectivity index (χ3v) is 3.50. The molecule has 0 amide bonds. The number of rotatable bonds is 4. The minimum Gasteiger partial charge on any atom is -0.348 e. The lowest BCUT2D eigenvalue weighted by Crippen LogP contribution is -2.22. The van der Waals surface area contributed by atoms with E-state index in [-0.39, 0.29) is 6.04 Å². The van der Waals surface area contributed by atoms with Crippen LogP contribution in [0.4, 0.5) is 11.8 Å². The van der Waals surface area contributed by atoms with Crippen LogP contribution in [0.5, 0.6) is 0 Å². The van der Waals surface area contributed by atoms with Crippen LogP contribution in [-0.4, -0.2) is 22.9 Å². The SMILES string of the molecule is CC(Nc1ncc(C#N)c(N2C=CC=NC2)n1)c1ccccc1. The number of aromatic nitrogens is 2. The largest absolute Gasteiger partial charge is 0.348 e. The molecule has 3 rings (SSSR count). The van der Waals surface area contributed by atoms with Crippen molar-refractivity contribution in [2.24, 2.45) is 4.99 Å². The lowest BCUT2D eigenvalue weighted by molar-refractivity contribution is 0.853. The number of nitrogens with one attached hydrogen (secondary N) is 1. The van der Waals surface area contributed by atoms with Gasteiger partial charge in [0.2, 0.25) is 5.95 Å². The predicted molar refractivity (Wildman–Crippen MR) is 90.2 cm³/mol. The summed E-state index contributed by atoms with van der Waals surface area (Å²) in [5, 5.41) is 12.5. The summed E-state index contributed by atoms with van der Waals surface area (Å²) >= 11 is 0. The lowest BCUT2D eigenvalue weighted by atomic mass is 10.1. The van der Waals surface area contributed by atoms with Gasteiger partial charge in [0.05, 0.1) is 12.2 Å². The average molecular weight is 304 g/mol. The van der Waals surface area contributed by atoms with Gasteiger partial charge in [-0.1, -0.05) is 30.3 Å². The van der Waals surface area contributed by atoms with Crippen LogP contribution in [-0.2, 0) is 0 Å². The highest BCUT2D eigenvalue weighted by atomic mass is 15.3. The number of aliphatic imine (C=N–C) groups is 1. The van der Waals surface area contributed by atoms with Crippen molar-refractivity contribution in [1.29, 1.82) is 5.26 Å². The summed E-state index contributed by atoms with van der Waals surface area (Å²) in [4.78, 5) is 14.7. The fraction of sp³-hybridized carbons (Fsp3) is 0.176. The Hall–Kier alpha value is -3.20. The maximum absolute atomic E-state index is 9.26. The molecule has 0 saturated carbocycles. The molecule has 0 bridgehead atoms. The summed E-state index contributed by atoms with van der Waals surface area (Å²) in [7, 11) is 0. The smallest absolute Gasteiger partial charge is 0.225 e. The topological polar surface area (TPSA) is 77.2 Å². The molecule has 0 fully saturated rings. The van der Waals surface area contributed by atoms with Gasteiger partial charge in [-0.2, -0.15) is 10.2 Å². The minimum absolute atomic E-state index is 0.0619. The van der Waals surface area contributed by atoms with Crippen molar-refractivity contribution in [1.82, 2.24) is 9.97 Å². The number of hydrogen-bond donors (Lipinski definition) is 1. The summed E-state index contributed by atoms with van der Waals surface area (Å²) in [6, 6.07) is 12.3. The van der Waals surface area contributed by atoms with Gasteiger partial charge in [0.25, 0.3) is 0 Å². The fourth-order valence-electron chi connectivity index (χ4n) is 2.28. The van der Waals surface area contributed by atoms with Crippen LogP contribution in [0.2, 0.25) is 0 Å². The zero-order chi connectivity index (χ0) is 16.1. The predicted octanol–water partition coefficient (Wildman–Crippen LogP) is 2.88. The zero-order valence-corrected chi connectivity index (χ0v) is 12.7. The molecule has 1 unspecified atom stereocenters. The van der Waals surface area contributed by atoms with Crippen LogP contribution in [0.3, 0.4) is 0 Å². The van der Waals surface area contributed by atoms with Crippen molar-refractivity contribution < 1.29 is 0 Å². The molecule has 23 heavy (non-hydrogen) atoms. The van der Waals surface area contributed by atoms with E-state index in [1.54, 1.807) is 6.21 Å². The molecule has 0 radical (unpaired) electrons. The van der Waals surface area contributed by atoms with Gasteiger partial charge in [-0.15, -0.1) is 0 Å². The van der Waals surface area contributed by atoms with E-state index < -0.39 is 0 Å². The maximum Gasteiger partial charge on any atom is 0.225 e. The van der Waals surface area contributed by atoms with Gasteiger partial charge in [-0.25, -0.2) is 4.98 Å². The van der Waals surface area contributed by atoms with Crippen LogP contribution < -0.4 is 10.2 Å². The first-order valence-corrected chi connectivity index (χ1v) is 7.30. The summed E-state index contributed by atoms with van der Waals surface area (Å²) < 4.78 is 0. The Balaban J connectivity index is 1.85. The molecular formula is C17H16N6. The highest BCUT2D eigenvalue weighted by Gasteiger charge is 2.15. The third-order valence-electron chi connectivity index (χ3n) is 3.50. The molecule has 114 valence electrons. The van der Waals surface area contributed by atoms with Gasteiger partial charge in [0.15, 0.2) is 5.82 Å². The van der Waals surface area contributed by atoms with Crippen molar-refractivity contribution in [3.8, 4) is 6.07 Å². The van der Waals surface area contributed by atoms with E-state index in [1.165, 1.54) is 6.20 Å². The van der Waals surface area contributed by atoms with E-state index in [1.807, 2.05) is 54.4 Å². The normalized spacial score (nSPS) is 14.3. The Labute approximate surface area is 134 Å². The summed E-state index contributed by atoms with van der Waals surface area (Å²) in [5.74, 6) is 1.04. The van der Waals surface area contributed by atoms with E-state index in [0.717, 1.165) is 5.56 Å². The molecule has 1 N–H and O–H groups in total. The van der Waals surface area contributed by atoms with E-state index in [2.05, 4.69) is 26.3 Å². The standard InChI is InChI=1S/C17H16N6/c1-13(14-6-3-2-4-7-14)21-17-20-11-15(10-18)16(22-17)23-9-5-8-19-12-23/h2-9,11,13H,12H2,1H3,(H,20,21,22). The Kier molecular flexibility index (Phi) is 4.29. The number of hydrogen-bond acceptors (Lipinski definition) is 6. The van der Waals surface area contributed by atoms with Crippen LogP contribution >= 0.6 is 0 Å². The molecule has 1 aromatic carbocycles. The van der Waals surface area contributed by atoms with Gasteiger partial charge in [0, 0.05) is 12.4 Å². The van der Waals surface area contributed by atoms with E-state index in [0.29, 0.717) is 24.0 Å². The van der Waals surface area contributed by atoms with Crippen LogP contribution in [0.15, 0.2) is 53.8 Å². The molecule has 1 aliphatic rings. The molecule has 6 nitrogen and oxygen atoms in total. The second kappa shape index (κ2) is 6.71. The Morgan fingerprint density at radius 3 is 2.83 bits per heavy atom. The number of nitriles is 1. The molecule has 0 saturated heterocycles. The number of anilines is 2. The van der Waals surface area contributed by atoms with Gasteiger partial charge in [0.1, 0.15) is 18.3 Å². The second-order valence-corrected chi connectivity index (χ2v) is 5.10. The zero-order valence-electron chi connectivity index (χ0n) is 12.7. The van der Waals surface area contributed by atoms with E-state index >= 15 is 0 Å². The Morgan fingerprint density at radius 1 is 1.30 bits per heavy atom. The molecule has 1 atom stereocenters. The van der Waals surface area contributed by atoms with Crippen molar-refractivity contribution >= 4 is 18.0 Å². The van der Waals surface area contributed by atoms with Crippen molar-refractivity contribution in [2.75, 3.05) is 16.9 Å². The van der Waals surface area contributed by atoms with E-state index in [9.17, 15) is 5.26 Å². The molecule has 2 heterocycles. The van der Waals surface area contributed by atoms with Gasteiger partial charge in [-0.3, -0.25) is 4.99 Å².